The molecule has 4 aromatic rings. The van der Waals surface area contributed by atoms with E-state index in [-0.39, 0.29) is 22.3 Å². The van der Waals surface area contributed by atoms with Gasteiger partial charge in [0.05, 0.1) is 23.9 Å². The van der Waals surface area contributed by atoms with Crippen molar-refractivity contribution in [3.8, 4) is 5.88 Å². The number of H-pyrrole nitrogens is 1. The molecule has 0 atom stereocenters. The number of ether oxygens (including phenoxy) is 1. The van der Waals surface area contributed by atoms with Gasteiger partial charge in [-0.3, -0.25) is 14.8 Å². The lowest BCUT2D eigenvalue weighted by Gasteiger charge is -2.19. The van der Waals surface area contributed by atoms with Crippen molar-refractivity contribution in [3.05, 3.63) is 89.5 Å². The summed E-state index contributed by atoms with van der Waals surface area (Å²) in [7, 11) is 0. The summed E-state index contributed by atoms with van der Waals surface area (Å²) in [6.07, 6.45) is -1.47. The number of Topliss-reactive ketones (excluding diaryl/α,β-unsaturated/α-hetero) is 1. The van der Waals surface area contributed by atoms with Gasteiger partial charge in [0.1, 0.15) is 12.4 Å². The maximum atomic E-state index is 14.4. The molecular formula is C32H33F4N5O2. The molecule has 0 saturated carbocycles. The molecule has 0 bridgehead atoms. The maximum Gasteiger partial charge on any atom is 0.393 e. The van der Waals surface area contributed by atoms with E-state index in [0.29, 0.717) is 60.7 Å². The number of hydrogen-bond acceptors (Lipinski definition) is 6. The second-order valence-corrected chi connectivity index (χ2v) is 10.5. The molecule has 1 fully saturated rings. The Morgan fingerprint density at radius 3 is 2.47 bits per heavy atom. The third kappa shape index (κ3) is 8.26. The number of nitrogens with zero attached hydrogens (tertiary/aromatic N) is 3. The van der Waals surface area contributed by atoms with E-state index in [1.807, 2.05) is 0 Å². The van der Waals surface area contributed by atoms with Crippen LogP contribution in [-0.2, 0) is 4.79 Å². The number of fused-ring (bicyclic) bond motifs is 1. The second-order valence-electron chi connectivity index (χ2n) is 10.5. The van der Waals surface area contributed by atoms with E-state index in [1.54, 1.807) is 54.6 Å². The highest BCUT2D eigenvalue weighted by atomic mass is 19.4. The summed E-state index contributed by atoms with van der Waals surface area (Å²) >= 11 is 0. The Hall–Kier alpha value is -4.09. The van der Waals surface area contributed by atoms with Crippen molar-refractivity contribution in [2.75, 3.05) is 39.3 Å². The average molecular weight is 596 g/mol. The number of rotatable bonds is 13. The van der Waals surface area contributed by atoms with Gasteiger partial charge in [-0.05, 0) is 66.4 Å². The number of halogens is 4. The van der Waals surface area contributed by atoms with Crippen LogP contribution in [0.1, 0.15) is 42.4 Å². The molecule has 0 unspecified atom stereocenters. The molecule has 2 aromatic heterocycles. The zero-order chi connectivity index (χ0) is 30.2. The van der Waals surface area contributed by atoms with Crippen molar-refractivity contribution in [2.24, 2.45) is 0 Å². The lowest BCUT2D eigenvalue weighted by atomic mass is 9.88. The largest absolute Gasteiger partial charge is 0.476 e. The van der Waals surface area contributed by atoms with E-state index in [0.717, 1.165) is 25.9 Å². The third-order valence-corrected chi connectivity index (χ3v) is 7.34. The molecule has 7 nitrogen and oxygen atoms in total. The minimum Gasteiger partial charge on any atom is -0.476 e. The Balaban J connectivity index is 1.32. The number of carbonyl (C=O) groups excluding carboxylic acids is 1. The number of carbonyl (C=O) groups is 1. The molecule has 2 aromatic carbocycles. The van der Waals surface area contributed by atoms with Crippen LogP contribution >= 0.6 is 0 Å². The predicted molar refractivity (Wildman–Crippen MR) is 157 cm³/mol. The SMILES string of the molecule is O=C(CCNCCOc1ccc(/C(=C(/CC(F)(F)F)c2ccccc2)c2ccc3[nH]nc(F)c3c2)cn1)CN1CCCC1. The van der Waals surface area contributed by atoms with Gasteiger partial charge in [0, 0.05) is 37.3 Å². The molecule has 2 N–H and O–H groups in total. The summed E-state index contributed by atoms with van der Waals surface area (Å²) in [5.41, 5.74) is 1.97. The van der Waals surface area contributed by atoms with Crippen molar-refractivity contribution in [3.63, 3.8) is 0 Å². The number of alkyl halides is 3. The predicted octanol–water partition coefficient (Wildman–Crippen LogP) is 6.03. The molecule has 0 aliphatic carbocycles. The number of pyridine rings is 1. The van der Waals surface area contributed by atoms with Crippen molar-refractivity contribution >= 4 is 27.8 Å². The van der Waals surface area contributed by atoms with Crippen LogP contribution in [0.25, 0.3) is 22.0 Å². The summed E-state index contributed by atoms with van der Waals surface area (Å²) < 4.78 is 61.8. The topological polar surface area (TPSA) is 83.1 Å². The Labute approximate surface area is 247 Å². The van der Waals surface area contributed by atoms with E-state index < -0.39 is 18.5 Å². The van der Waals surface area contributed by atoms with Crippen molar-refractivity contribution in [2.45, 2.75) is 31.9 Å². The van der Waals surface area contributed by atoms with Gasteiger partial charge >= 0.3 is 6.18 Å². The Morgan fingerprint density at radius 1 is 0.977 bits per heavy atom. The molecule has 43 heavy (non-hydrogen) atoms. The van der Waals surface area contributed by atoms with Crippen LogP contribution in [0.4, 0.5) is 17.6 Å². The maximum absolute atomic E-state index is 14.4. The van der Waals surface area contributed by atoms with Crippen molar-refractivity contribution < 1.29 is 27.1 Å². The Kier molecular flexibility index (Phi) is 9.83. The quantitative estimate of drug-likeness (QED) is 0.112. The molecule has 3 heterocycles. The summed E-state index contributed by atoms with van der Waals surface area (Å²) in [5.74, 6) is -0.213. The van der Waals surface area contributed by atoms with Gasteiger partial charge in [-0.25, -0.2) is 4.98 Å². The molecule has 0 spiro atoms. The van der Waals surface area contributed by atoms with Crippen LogP contribution in [0.3, 0.4) is 0 Å². The standard InChI is InChI=1S/C32H33F4N5O2/c33-31-26-18-23(8-10-28(26)39-40-31)30(27(19-32(34,35)36)22-6-2-1-3-7-22)24-9-11-29(38-20-24)43-17-14-37-13-12-25(42)21-41-15-4-5-16-41/h1-3,6-11,18,20,37H,4-5,12-17,19,21H2,(H,39,40)/b30-27-. The monoisotopic (exact) mass is 595 g/mol. The Bertz CT molecular complexity index is 1550. The summed E-state index contributed by atoms with van der Waals surface area (Å²) in [4.78, 5) is 18.6. The minimum atomic E-state index is -4.50. The van der Waals surface area contributed by atoms with Gasteiger partial charge in [-0.1, -0.05) is 36.4 Å². The normalized spacial score (nSPS) is 14.7. The zero-order valence-corrected chi connectivity index (χ0v) is 23.6. The van der Waals surface area contributed by atoms with E-state index >= 15 is 0 Å². The highest BCUT2D eigenvalue weighted by molar-refractivity contribution is 6.00. The van der Waals surface area contributed by atoms with E-state index in [4.69, 9.17) is 4.74 Å². The van der Waals surface area contributed by atoms with E-state index in [9.17, 15) is 22.4 Å². The van der Waals surface area contributed by atoms with Gasteiger partial charge in [-0.2, -0.15) is 17.6 Å². The fourth-order valence-electron chi connectivity index (χ4n) is 5.29. The van der Waals surface area contributed by atoms with Crippen LogP contribution in [0.2, 0.25) is 0 Å². The molecule has 11 heteroatoms. The smallest absolute Gasteiger partial charge is 0.393 e. The van der Waals surface area contributed by atoms with Crippen LogP contribution in [0.5, 0.6) is 5.88 Å². The number of aromatic amines is 1. The van der Waals surface area contributed by atoms with Crippen molar-refractivity contribution in [1.29, 1.82) is 0 Å². The van der Waals surface area contributed by atoms with Gasteiger partial charge in [-0.15, -0.1) is 5.10 Å². The number of aromatic nitrogens is 3. The average Bonchev–Trinajstić information content (AvgIpc) is 3.64. The number of benzene rings is 2. The fourth-order valence-corrected chi connectivity index (χ4v) is 5.29. The first-order chi connectivity index (χ1) is 20.8. The molecule has 5 rings (SSSR count). The second kappa shape index (κ2) is 13.9. The summed E-state index contributed by atoms with van der Waals surface area (Å²) in [6.45, 7) is 3.85. The summed E-state index contributed by atoms with van der Waals surface area (Å²) in [5, 5.41) is 9.52. The van der Waals surface area contributed by atoms with E-state index in [2.05, 4.69) is 25.4 Å². The zero-order valence-electron chi connectivity index (χ0n) is 23.6. The van der Waals surface area contributed by atoms with Crippen LogP contribution in [0, 0.1) is 5.95 Å². The molecule has 1 saturated heterocycles. The van der Waals surface area contributed by atoms with Crippen LogP contribution < -0.4 is 10.1 Å². The molecule has 0 amide bonds. The summed E-state index contributed by atoms with van der Waals surface area (Å²) in [6, 6.07) is 16.3. The lowest BCUT2D eigenvalue weighted by Crippen LogP contribution is -2.30. The van der Waals surface area contributed by atoms with Gasteiger partial charge < -0.3 is 10.1 Å². The van der Waals surface area contributed by atoms with Crippen LogP contribution in [-0.4, -0.2) is 71.4 Å². The number of likely N-dealkylation sites (tertiary alicyclic amines) is 1. The van der Waals surface area contributed by atoms with E-state index in [1.165, 1.54) is 12.3 Å². The highest BCUT2D eigenvalue weighted by Gasteiger charge is 2.32. The molecule has 1 aliphatic rings. The number of nitrogens with one attached hydrogen (secondary N) is 2. The van der Waals surface area contributed by atoms with Gasteiger partial charge in [0.2, 0.25) is 11.8 Å². The van der Waals surface area contributed by atoms with Crippen LogP contribution in [0.15, 0.2) is 66.9 Å². The highest BCUT2D eigenvalue weighted by Crippen LogP contribution is 2.40. The van der Waals surface area contributed by atoms with Crippen molar-refractivity contribution in [1.82, 2.24) is 25.4 Å². The number of hydrogen-bond donors (Lipinski definition) is 2. The Morgan fingerprint density at radius 2 is 1.74 bits per heavy atom. The molecule has 1 aliphatic heterocycles. The third-order valence-electron chi connectivity index (χ3n) is 7.34. The number of allylic oxidation sites excluding steroid dienone is 1. The molecule has 0 radical (unpaired) electrons. The number of ketones is 1. The molecular weight excluding hydrogens is 562 g/mol. The molecule has 226 valence electrons. The first-order valence-electron chi connectivity index (χ1n) is 14.3. The van der Waals surface area contributed by atoms with Gasteiger partial charge in [0.25, 0.3) is 0 Å². The fraction of sp³-hybridized carbons (Fsp3) is 0.344. The first-order valence-corrected chi connectivity index (χ1v) is 14.3. The first kappa shape index (κ1) is 30.4. The lowest BCUT2D eigenvalue weighted by molar-refractivity contribution is -0.123. The minimum absolute atomic E-state index is 0.0373. The van der Waals surface area contributed by atoms with Gasteiger partial charge in [0.15, 0.2) is 0 Å².